The van der Waals surface area contributed by atoms with Gasteiger partial charge in [-0.1, -0.05) is 65.3 Å². The quantitative estimate of drug-likeness (QED) is 0.181. The highest BCUT2D eigenvalue weighted by molar-refractivity contribution is 9.10. The van der Waals surface area contributed by atoms with Crippen LogP contribution < -0.4 is 10.1 Å². The van der Waals surface area contributed by atoms with Crippen molar-refractivity contribution in [1.82, 2.24) is 20.2 Å². The number of amides is 3. The number of nitrogens with one attached hydrogen (secondary N) is 2. The van der Waals surface area contributed by atoms with Crippen LogP contribution in [0.1, 0.15) is 41.9 Å². The van der Waals surface area contributed by atoms with Crippen molar-refractivity contribution in [1.29, 1.82) is 0 Å². The molecule has 9 nitrogen and oxygen atoms in total. The van der Waals surface area contributed by atoms with Crippen LogP contribution in [0.5, 0.6) is 5.75 Å². The van der Waals surface area contributed by atoms with Crippen LogP contribution in [0.2, 0.25) is 0 Å². The number of hydrogen-bond acceptors (Lipinski definition) is 6. The lowest BCUT2D eigenvalue weighted by Crippen LogP contribution is -2.38. The van der Waals surface area contributed by atoms with Gasteiger partial charge < -0.3 is 25.3 Å². The molecular formula is C30H27BrF2N4O5. The van der Waals surface area contributed by atoms with Crippen molar-refractivity contribution in [3.8, 4) is 17.0 Å². The number of H-pyrrole nitrogens is 1. The highest BCUT2D eigenvalue weighted by atomic mass is 79.9. The summed E-state index contributed by atoms with van der Waals surface area (Å²) in [5.74, 6) is -2.01. The summed E-state index contributed by atoms with van der Waals surface area (Å²) in [7, 11) is 0. The van der Waals surface area contributed by atoms with Gasteiger partial charge in [-0.3, -0.25) is 9.69 Å². The van der Waals surface area contributed by atoms with Crippen molar-refractivity contribution in [3.05, 3.63) is 106 Å². The molecule has 12 heteroatoms. The second-order valence-corrected chi connectivity index (χ2v) is 10.8. The zero-order chi connectivity index (χ0) is 30.0. The first-order chi connectivity index (χ1) is 20.2. The number of aromatic nitrogens is 2. The minimum atomic E-state index is -1.03. The van der Waals surface area contributed by atoms with Crippen molar-refractivity contribution in [2.45, 2.75) is 31.0 Å². The minimum absolute atomic E-state index is 0.0586. The predicted octanol–water partition coefficient (Wildman–Crippen LogP) is 4.99. The fourth-order valence-corrected chi connectivity index (χ4v) is 5.32. The van der Waals surface area contributed by atoms with Gasteiger partial charge in [-0.05, 0) is 35.4 Å². The molecule has 2 unspecified atom stereocenters. The highest BCUT2D eigenvalue weighted by Crippen LogP contribution is 2.40. The Kier molecular flexibility index (Phi) is 8.66. The van der Waals surface area contributed by atoms with Crippen LogP contribution >= 0.6 is 15.9 Å². The number of carbonyl (C=O) groups excluding carboxylic acids is 2. The van der Waals surface area contributed by atoms with Gasteiger partial charge in [-0.2, -0.15) is 0 Å². The number of ether oxygens (including phenoxy) is 1. The van der Waals surface area contributed by atoms with E-state index >= 15 is 0 Å². The van der Waals surface area contributed by atoms with Crippen LogP contribution in [0.15, 0.2) is 77.4 Å². The van der Waals surface area contributed by atoms with E-state index in [-0.39, 0.29) is 28.2 Å². The van der Waals surface area contributed by atoms with Crippen molar-refractivity contribution in [2.75, 3.05) is 13.2 Å². The Morgan fingerprint density at radius 3 is 2.38 bits per heavy atom. The van der Waals surface area contributed by atoms with Gasteiger partial charge in [0.2, 0.25) is 0 Å². The lowest BCUT2D eigenvalue weighted by molar-refractivity contribution is -0.129. The van der Waals surface area contributed by atoms with Crippen molar-refractivity contribution in [3.63, 3.8) is 0 Å². The molecule has 218 valence electrons. The SMILES string of the molecule is C[C@@H](c1ccccc1)[C@@H](c1ncc(-c2c(F)cc(Br)cc2F)[nH]1)N1C(=O)NC(c2ccc(OCC(O)CO)cc2)C1=O. The molecule has 1 aliphatic rings. The number of carbonyl (C=O) groups is 2. The minimum Gasteiger partial charge on any atom is -0.491 e. The van der Waals surface area contributed by atoms with Crippen LogP contribution in [0, 0.1) is 11.6 Å². The Hall–Kier alpha value is -4.13. The van der Waals surface area contributed by atoms with Gasteiger partial charge in [0.1, 0.15) is 48.0 Å². The smallest absolute Gasteiger partial charge is 0.325 e. The third-order valence-electron chi connectivity index (χ3n) is 7.07. The van der Waals surface area contributed by atoms with E-state index in [0.717, 1.165) is 22.6 Å². The molecule has 1 aromatic heterocycles. The van der Waals surface area contributed by atoms with Gasteiger partial charge in [-0.25, -0.2) is 18.6 Å². The first kappa shape index (κ1) is 29.4. The number of nitrogens with zero attached hydrogens (tertiary/aromatic N) is 2. The maximum absolute atomic E-state index is 14.8. The van der Waals surface area contributed by atoms with E-state index in [1.807, 2.05) is 37.3 Å². The molecule has 3 aromatic carbocycles. The van der Waals surface area contributed by atoms with Crippen LogP contribution in [0.3, 0.4) is 0 Å². The van der Waals surface area contributed by atoms with Gasteiger partial charge >= 0.3 is 6.03 Å². The van der Waals surface area contributed by atoms with E-state index in [4.69, 9.17) is 9.84 Å². The molecule has 0 spiro atoms. The van der Waals surface area contributed by atoms with Crippen LogP contribution in [-0.4, -0.2) is 56.3 Å². The van der Waals surface area contributed by atoms with E-state index in [2.05, 4.69) is 31.2 Å². The molecule has 0 aliphatic carbocycles. The number of benzene rings is 3. The Labute approximate surface area is 248 Å². The normalized spacial score (nSPS) is 17.2. The maximum Gasteiger partial charge on any atom is 0.325 e. The summed E-state index contributed by atoms with van der Waals surface area (Å²) in [5.41, 5.74) is 1.06. The summed E-state index contributed by atoms with van der Waals surface area (Å²) in [6.45, 7) is 1.29. The number of aliphatic hydroxyl groups is 2. The van der Waals surface area contributed by atoms with Crippen molar-refractivity contribution in [2.24, 2.45) is 0 Å². The predicted molar refractivity (Wildman–Crippen MR) is 152 cm³/mol. The summed E-state index contributed by atoms with van der Waals surface area (Å²) in [6, 6.07) is 15.3. The number of aromatic amines is 1. The molecule has 1 aliphatic heterocycles. The molecule has 3 amide bonds. The number of aliphatic hydroxyl groups excluding tert-OH is 2. The third-order valence-corrected chi connectivity index (χ3v) is 7.52. The number of imide groups is 1. The average Bonchev–Trinajstić information content (AvgIpc) is 3.56. The van der Waals surface area contributed by atoms with Gasteiger partial charge in [0, 0.05) is 10.4 Å². The van der Waals surface area contributed by atoms with E-state index in [0.29, 0.717) is 11.3 Å². The molecular weight excluding hydrogens is 614 g/mol. The summed E-state index contributed by atoms with van der Waals surface area (Å²) in [5, 5.41) is 21.2. The number of urea groups is 1. The number of rotatable bonds is 10. The van der Waals surface area contributed by atoms with Gasteiger partial charge in [0.25, 0.3) is 5.91 Å². The summed E-state index contributed by atoms with van der Waals surface area (Å²) < 4.78 is 35.2. The lowest BCUT2D eigenvalue weighted by Gasteiger charge is -2.29. The maximum atomic E-state index is 14.8. The van der Waals surface area contributed by atoms with Crippen LogP contribution in [0.25, 0.3) is 11.3 Å². The lowest BCUT2D eigenvalue weighted by atomic mass is 9.91. The van der Waals surface area contributed by atoms with Gasteiger partial charge in [0.05, 0.1) is 24.1 Å². The molecule has 4 atom stereocenters. The molecule has 2 heterocycles. The third kappa shape index (κ3) is 5.91. The van der Waals surface area contributed by atoms with Crippen molar-refractivity contribution < 1.29 is 33.3 Å². The molecule has 1 saturated heterocycles. The first-order valence-electron chi connectivity index (χ1n) is 13.1. The van der Waals surface area contributed by atoms with Crippen LogP contribution in [-0.2, 0) is 4.79 Å². The highest BCUT2D eigenvalue weighted by Gasteiger charge is 2.46. The molecule has 4 N–H and O–H groups in total. The second kappa shape index (κ2) is 12.4. The summed E-state index contributed by atoms with van der Waals surface area (Å²) in [4.78, 5) is 35.6. The number of halogens is 3. The zero-order valence-corrected chi connectivity index (χ0v) is 23.9. The van der Waals surface area contributed by atoms with E-state index in [1.54, 1.807) is 24.3 Å². The Morgan fingerprint density at radius 1 is 1.07 bits per heavy atom. The first-order valence-corrected chi connectivity index (χ1v) is 13.9. The monoisotopic (exact) mass is 640 g/mol. The number of imidazole rings is 1. The van der Waals surface area contributed by atoms with E-state index in [9.17, 15) is 23.5 Å². The molecule has 0 bridgehead atoms. The molecule has 42 heavy (non-hydrogen) atoms. The van der Waals surface area contributed by atoms with Gasteiger partial charge in [-0.15, -0.1) is 0 Å². The molecule has 4 aromatic rings. The number of hydrogen-bond donors (Lipinski definition) is 4. The molecule has 0 radical (unpaired) electrons. The fourth-order valence-electron chi connectivity index (χ4n) is 4.92. The fraction of sp³-hybridized carbons (Fsp3) is 0.233. The average molecular weight is 641 g/mol. The van der Waals surface area contributed by atoms with Crippen LogP contribution in [0.4, 0.5) is 13.6 Å². The summed E-state index contributed by atoms with van der Waals surface area (Å²) in [6.07, 6.45) is 0.244. The zero-order valence-electron chi connectivity index (χ0n) is 22.3. The Balaban J connectivity index is 1.48. The Bertz CT molecular complexity index is 1560. The topological polar surface area (TPSA) is 128 Å². The Morgan fingerprint density at radius 2 is 1.74 bits per heavy atom. The standard InChI is InChI=1S/C30H27BrF2N4O5/c1-16(17-5-3-2-4-6-17)27(28-34-13-24(35-28)25-22(32)11-19(31)12-23(25)33)37-29(40)26(36-30(37)41)18-7-9-21(10-8-18)42-15-20(39)14-38/h2-13,16,20,26-27,38-39H,14-15H2,1H3,(H,34,35)(H,36,41)/t16-,20?,26?,27-/m0/s1. The summed E-state index contributed by atoms with van der Waals surface area (Å²) >= 11 is 3.08. The molecule has 5 rings (SSSR count). The molecule has 0 saturated carbocycles. The van der Waals surface area contributed by atoms with E-state index < -0.39 is 54.3 Å². The van der Waals surface area contributed by atoms with Crippen molar-refractivity contribution >= 4 is 27.9 Å². The van der Waals surface area contributed by atoms with Gasteiger partial charge in [0.15, 0.2) is 0 Å². The molecule has 1 fully saturated rings. The second-order valence-electron chi connectivity index (χ2n) is 9.88. The van der Waals surface area contributed by atoms with E-state index in [1.165, 1.54) is 6.20 Å². The largest absolute Gasteiger partial charge is 0.491 e.